The zero-order valence-electron chi connectivity index (χ0n) is 7.55. The van der Waals surface area contributed by atoms with E-state index in [1.165, 1.54) is 0 Å². The molecule has 3 N–H and O–H groups in total. The Labute approximate surface area is 95.7 Å². The summed E-state index contributed by atoms with van der Waals surface area (Å²) in [6, 6.07) is 4.93. The Bertz CT molecular complexity index is 357. The van der Waals surface area contributed by atoms with E-state index >= 15 is 0 Å². The Morgan fingerprint density at radius 2 is 2.29 bits per heavy atom. The molecule has 14 heavy (non-hydrogen) atoms. The Balaban J connectivity index is 2.82. The summed E-state index contributed by atoms with van der Waals surface area (Å²) >= 11 is 9.22. The number of halogens is 2. The molecule has 0 heterocycles. The first-order chi connectivity index (χ1) is 6.50. The highest BCUT2D eigenvalue weighted by molar-refractivity contribution is 9.10. The van der Waals surface area contributed by atoms with Gasteiger partial charge in [-0.1, -0.05) is 27.5 Å². The molecule has 0 radical (unpaired) electrons. The topological polar surface area (TPSA) is 55.1 Å². The van der Waals surface area contributed by atoms with Crippen molar-refractivity contribution >= 4 is 39.1 Å². The van der Waals surface area contributed by atoms with Gasteiger partial charge in [-0.3, -0.25) is 4.79 Å². The number of hydrogen-bond donors (Lipinski definition) is 2. The summed E-state index contributed by atoms with van der Waals surface area (Å²) in [5.41, 5.74) is 5.81. The molecule has 0 bridgehead atoms. The van der Waals surface area contributed by atoms with Crippen molar-refractivity contribution in [2.45, 2.75) is 13.0 Å². The minimum Gasteiger partial charge on any atom is -0.373 e. The van der Waals surface area contributed by atoms with Crippen molar-refractivity contribution in [1.82, 2.24) is 0 Å². The van der Waals surface area contributed by atoms with Gasteiger partial charge in [0.05, 0.1) is 10.7 Å². The van der Waals surface area contributed by atoms with Gasteiger partial charge >= 0.3 is 0 Å². The second-order valence-electron chi connectivity index (χ2n) is 2.89. The molecular weight excluding hydrogens is 267 g/mol. The second-order valence-corrected chi connectivity index (χ2v) is 4.22. The van der Waals surface area contributed by atoms with Gasteiger partial charge in [-0.15, -0.1) is 0 Å². The average Bonchev–Trinajstić information content (AvgIpc) is 2.09. The van der Waals surface area contributed by atoms with Crippen molar-refractivity contribution in [1.29, 1.82) is 0 Å². The number of hydrogen-bond acceptors (Lipinski definition) is 2. The maximum Gasteiger partial charge on any atom is 0.239 e. The molecule has 76 valence electrons. The smallest absolute Gasteiger partial charge is 0.239 e. The molecule has 0 spiro atoms. The van der Waals surface area contributed by atoms with Gasteiger partial charge in [-0.2, -0.15) is 0 Å². The highest BCUT2D eigenvalue weighted by Crippen LogP contribution is 2.25. The van der Waals surface area contributed by atoms with Crippen molar-refractivity contribution in [2.75, 3.05) is 5.32 Å². The first kappa shape index (κ1) is 11.3. The number of nitrogens with two attached hydrogens (primary N) is 1. The van der Waals surface area contributed by atoms with Crippen LogP contribution in [0.15, 0.2) is 22.7 Å². The summed E-state index contributed by atoms with van der Waals surface area (Å²) in [6.07, 6.45) is 0. The van der Waals surface area contributed by atoms with E-state index in [2.05, 4.69) is 21.2 Å². The number of carbonyl (C=O) groups excluding carboxylic acids is 1. The quantitative estimate of drug-likeness (QED) is 0.891. The lowest BCUT2D eigenvalue weighted by atomic mass is 10.2. The third kappa shape index (κ3) is 2.89. The van der Waals surface area contributed by atoms with Crippen LogP contribution in [0.25, 0.3) is 0 Å². The van der Waals surface area contributed by atoms with Crippen molar-refractivity contribution in [3.63, 3.8) is 0 Å². The predicted molar refractivity (Wildman–Crippen MR) is 61.4 cm³/mol. The van der Waals surface area contributed by atoms with E-state index < -0.39 is 11.9 Å². The normalized spacial score (nSPS) is 12.2. The van der Waals surface area contributed by atoms with Gasteiger partial charge in [0, 0.05) is 4.47 Å². The number of rotatable bonds is 3. The van der Waals surface area contributed by atoms with Gasteiger partial charge in [0.25, 0.3) is 0 Å². The summed E-state index contributed by atoms with van der Waals surface area (Å²) in [5, 5.41) is 3.46. The molecular formula is C9H10BrClN2O. The van der Waals surface area contributed by atoms with Crippen LogP contribution in [0.2, 0.25) is 5.02 Å². The van der Waals surface area contributed by atoms with Crippen LogP contribution in [0.5, 0.6) is 0 Å². The maximum absolute atomic E-state index is 10.8. The van der Waals surface area contributed by atoms with Crippen LogP contribution in [0.1, 0.15) is 6.92 Å². The summed E-state index contributed by atoms with van der Waals surface area (Å²) in [6.45, 7) is 1.68. The number of amides is 1. The van der Waals surface area contributed by atoms with Crippen LogP contribution < -0.4 is 11.1 Å². The molecule has 3 nitrogen and oxygen atoms in total. The van der Waals surface area contributed by atoms with Crippen LogP contribution in [0.3, 0.4) is 0 Å². The van der Waals surface area contributed by atoms with Gasteiger partial charge in [0.1, 0.15) is 6.04 Å². The van der Waals surface area contributed by atoms with Crippen LogP contribution in [-0.4, -0.2) is 11.9 Å². The van der Waals surface area contributed by atoms with E-state index in [9.17, 15) is 4.79 Å². The molecule has 0 saturated carbocycles. The third-order valence-corrected chi connectivity index (χ3v) is 2.54. The number of anilines is 1. The summed E-state index contributed by atoms with van der Waals surface area (Å²) in [4.78, 5) is 10.8. The molecule has 0 aliphatic heterocycles. The molecule has 5 heteroatoms. The molecule has 1 amide bonds. The zero-order valence-corrected chi connectivity index (χ0v) is 9.89. The van der Waals surface area contributed by atoms with E-state index in [1.807, 2.05) is 6.07 Å². The number of primary amides is 1. The third-order valence-electron chi connectivity index (χ3n) is 1.73. The van der Waals surface area contributed by atoms with Gasteiger partial charge < -0.3 is 11.1 Å². The van der Waals surface area contributed by atoms with Gasteiger partial charge in [0.15, 0.2) is 0 Å². The fourth-order valence-corrected chi connectivity index (χ4v) is 1.64. The highest BCUT2D eigenvalue weighted by atomic mass is 79.9. The molecule has 0 aliphatic rings. The zero-order chi connectivity index (χ0) is 10.7. The molecule has 1 atom stereocenters. The van der Waals surface area contributed by atoms with Crippen LogP contribution in [0.4, 0.5) is 5.69 Å². The minimum atomic E-state index is -0.436. The van der Waals surface area contributed by atoms with Crippen molar-refractivity contribution in [2.24, 2.45) is 5.73 Å². The van der Waals surface area contributed by atoms with Crippen LogP contribution in [-0.2, 0) is 4.79 Å². The van der Waals surface area contributed by atoms with Crippen molar-refractivity contribution < 1.29 is 4.79 Å². The van der Waals surface area contributed by atoms with E-state index in [0.29, 0.717) is 10.7 Å². The lowest BCUT2D eigenvalue weighted by Gasteiger charge is -2.12. The summed E-state index contributed by atoms with van der Waals surface area (Å²) in [5.74, 6) is -0.413. The number of carbonyl (C=O) groups is 1. The highest BCUT2D eigenvalue weighted by Gasteiger charge is 2.09. The first-order valence-corrected chi connectivity index (χ1v) is 5.18. The monoisotopic (exact) mass is 276 g/mol. The fourth-order valence-electron chi connectivity index (χ4n) is 0.911. The molecule has 0 fully saturated rings. The Kier molecular flexibility index (Phi) is 3.77. The van der Waals surface area contributed by atoms with Gasteiger partial charge in [0.2, 0.25) is 5.91 Å². The molecule has 1 unspecified atom stereocenters. The molecule has 1 aromatic carbocycles. The molecule has 1 aromatic rings. The lowest BCUT2D eigenvalue weighted by Crippen LogP contribution is -2.32. The largest absolute Gasteiger partial charge is 0.373 e. The standard InChI is InChI=1S/C9H10BrClN2O/c1-5(9(12)14)13-8-3-2-6(10)4-7(8)11/h2-5,13H,1H3,(H2,12,14). The fraction of sp³-hybridized carbons (Fsp3) is 0.222. The lowest BCUT2D eigenvalue weighted by molar-refractivity contribution is -0.118. The molecule has 1 rings (SSSR count). The molecule has 0 aromatic heterocycles. The van der Waals surface area contributed by atoms with Crippen LogP contribution in [0, 0.1) is 0 Å². The SMILES string of the molecule is CC(Nc1ccc(Br)cc1Cl)C(N)=O. The summed E-state index contributed by atoms with van der Waals surface area (Å²) < 4.78 is 0.889. The van der Waals surface area contributed by atoms with E-state index in [-0.39, 0.29) is 0 Å². The Morgan fingerprint density at radius 3 is 2.79 bits per heavy atom. The van der Waals surface area contributed by atoms with Crippen molar-refractivity contribution in [3.8, 4) is 0 Å². The molecule has 0 aliphatic carbocycles. The van der Waals surface area contributed by atoms with Gasteiger partial charge in [-0.05, 0) is 25.1 Å². The van der Waals surface area contributed by atoms with E-state index in [4.69, 9.17) is 17.3 Å². The van der Waals surface area contributed by atoms with E-state index in [0.717, 1.165) is 4.47 Å². The van der Waals surface area contributed by atoms with Crippen LogP contribution >= 0.6 is 27.5 Å². The van der Waals surface area contributed by atoms with Gasteiger partial charge in [-0.25, -0.2) is 0 Å². The van der Waals surface area contributed by atoms with Crippen molar-refractivity contribution in [3.05, 3.63) is 27.7 Å². The Morgan fingerprint density at radius 1 is 1.64 bits per heavy atom. The maximum atomic E-state index is 10.8. The Hall–Kier alpha value is -0.740. The number of nitrogens with one attached hydrogen (secondary N) is 1. The average molecular weight is 278 g/mol. The predicted octanol–water partition coefficient (Wildman–Crippen LogP) is 2.39. The molecule has 0 saturated heterocycles. The number of benzene rings is 1. The second kappa shape index (κ2) is 4.66. The summed E-state index contributed by atoms with van der Waals surface area (Å²) in [7, 11) is 0. The van der Waals surface area contributed by atoms with E-state index in [1.54, 1.807) is 19.1 Å². The minimum absolute atomic E-state index is 0.413. The first-order valence-electron chi connectivity index (χ1n) is 4.01.